The molecule has 2 rings (SSSR count). The Morgan fingerprint density at radius 2 is 1.95 bits per heavy atom. The number of fused-ring (bicyclic) bond motifs is 1. The van der Waals surface area contributed by atoms with E-state index in [0.717, 1.165) is 11.3 Å². The fourth-order valence-electron chi connectivity index (χ4n) is 1.76. The number of nitrogens with zero attached hydrogens (tertiary/aromatic N) is 2. The molecule has 0 amide bonds. The van der Waals surface area contributed by atoms with Crippen molar-refractivity contribution in [2.75, 3.05) is 20.3 Å². The topological polar surface area (TPSA) is 35.8 Å². The van der Waals surface area contributed by atoms with Crippen molar-refractivity contribution in [3.63, 3.8) is 0 Å². The average molecular weight is 264 g/mol. The Hall–Kier alpha value is -1.55. The molecular weight excluding hydrogens is 240 g/mol. The molecule has 0 spiro atoms. The summed E-state index contributed by atoms with van der Waals surface area (Å²) in [5.41, 5.74) is 2.40. The van der Waals surface area contributed by atoms with Crippen LogP contribution in [-0.2, 0) is 4.74 Å². The van der Waals surface area contributed by atoms with Gasteiger partial charge in [0.05, 0.1) is 24.5 Å². The molecule has 0 unspecified atom stereocenters. The van der Waals surface area contributed by atoms with Crippen LogP contribution >= 0.6 is 0 Å². The minimum absolute atomic E-state index is 0.479. The van der Waals surface area contributed by atoms with Crippen molar-refractivity contribution in [1.29, 1.82) is 0 Å². The fraction of sp³-hybridized carbons (Fsp3) is 0.533. The van der Waals surface area contributed by atoms with Crippen molar-refractivity contribution >= 4 is 5.52 Å². The first-order chi connectivity index (χ1) is 9.22. The summed E-state index contributed by atoms with van der Waals surface area (Å²) in [5, 5.41) is 4.33. The lowest BCUT2D eigenvalue weighted by molar-refractivity contribution is 0.146. The van der Waals surface area contributed by atoms with Gasteiger partial charge in [0.25, 0.3) is 0 Å². The highest BCUT2D eigenvalue weighted by atomic mass is 16.5. The van der Waals surface area contributed by atoms with Crippen molar-refractivity contribution in [3.8, 4) is 5.75 Å². The number of methoxy groups -OCH3 is 1. The predicted molar refractivity (Wildman–Crippen MR) is 78.0 cm³/mol. The third kappa shape index (κ3) is 3.96. The Kier molecular flexibility index (Phi) is 6.36. The molecule has 0 aliphatic rings. The summed E-state index contributed by atoms with van der Waals surface area (Å²) in [6, 6.07) is 4.02. The number of ether oxygens (including phenoxy) is 2. The van der Waals surface area contributed by atoms with E-state index in [2.05, 4.69) is 18.9 Å². The van der Waals surface area contributed by atoms with Gasteiger partial charge in [-0.3, -0.25) is 0 Å². The molecule has 0 saturated carbocycles. The summed E-state index contributed by atoms with van der Waals surface area (Å²) >= 11 is 0. The van der Waals surface area contributed by atoms with Crippen molar-refractivity contribution in [3.05, 3.63) is 30.1 Å². The van der Waals surface area contributed by atoms with Crippen molar-refractivity contribution in [1.82, 2.24) is 9.61 Å². The summed E-state index contributed by atoms with van der Waals surface area (Å²) < 4.78 is 12.3. The van der Waals surface area contributed by atoms with Crippen molar-refractivity contribution < 1.29 is 9.47 Å². The Morgan fingerprint density at radius 1 is 1.21 bits per heavy atom. The molecule has 0 fully saturated rings. The van der Waals surface area contributed by atoms with Crippen LogP contribution in [0.15, 0.2) is 24.5 Å². The van der Waals surface area contributed by atoms with Gasteiger partial charge in [-0.15, -0.1) is 0 Å². The van der Waals surface area contributed by atoms with Gasteiger partial charge in [-0.1, -0.05) is 27.7 Å². The molecule has 2 aromatic heterocycles. The van der Waals surface area contributed by atoms with Gasteiger partial charge in [-0.2, -0.15) is 5.10 Å². The highest BCUT2D eigenvalue weighted by Crippen LogP contribution is 2.22. The van der Waals surface area contributed by atoms with E-state index in [1.165, 1.54) is 5.56 Å². The average Bonchev–Trinajstić information content (AvgIpc) is 2.84. The van der Waals surface area contributed by atoms with Gasteiger partial charge in [0.1, 0.15) is 12.4 Å². The van der Waals surface area contributed by atoms with E-state index in [1.807, 2.05) is 42.9 Å². The molecule has 0 radical (unpaired) electrons. The minimum Gasteiger partial charge on any atom is -0.490 e. The Morgan fingerprint density at radius 3 is 2.58 bits per heavy atom. The molecule has 0 atom stereocenters. The van der Waals surface area contributed by atoms with Crippen LogP contribution in [0.3, 0.4) is 0 Å². The highest BCUT2D eigenvalue weighted by molar-refractivity contribution is 5.56. The highest BCUT2D eigenvalue weighted by Gasteiger charge is 2.08. The van der Waals surface area contributed by atoms with Crippen molar-refractivity contribution in [2.24, 2.45) is 0 Å². The first-order valence-corrected chi connectivity index (χ1v) is 6.81. The monoisotopic (exact) mass is 264 g/mol. The Balaban J connectivity index is 0.000000861. The van der Waals surface area contributed by atoms with Crippen LogP contribution in [-0.4, -0.2) is 29.9 Å². The molecule has 2 aromatic rings. The summed E-state index contributed by atoms with van der Waals surface area (Å²) in [4.78, 5) is 0. The number of aromatic nitrogens is 2. The van der Waals surface area contributed by atoms with E-state index in [4.69, 9.17) is 9.47 Å². The normalized spacial score (nSPS) is 10.4. The van der Waals surface area contributed by atoms with E-state index in [-0.39, 0.29) is 0 Å². The lowest BCUT2D eigenvalue weighted by atomic mass is 10.1. The fourth-order valence-corrected chi connectivity index (χ4v) is 1.76. The van der Waals surface area contributed by atoms with Crippen LogP contribution < -0.4 is 4.74 Å². The molecule has 0 saturated heterocycles. The molecular formula is C15H24N2O2. The van der Waals surface area contributed by atoms with Gasteiger partial charge in [-0.05, 0) is 18.1 Å². The first-order valence-electron chi connectivity index (χ1n) is 6.81. The maximum absolute atomic E-state index is 5.54. The quantitative estimate of drug-likeness (QED) is 0.775. The molecule has 4 nitrogen and oxygen atoms in total. The smallest absolute Gasteiger partial charge is 0.137 e. The van der Waals surface area contributed by atoms with E-state index in [1.54, 1.807) is 7.11 Å². The third-order valence-corrected chi connectivity index (χ3v) is 2.70. The predicted octanol–water partition coefficient (Wildman–Crippen LogP) is 3.51. The van der Waals surface area contributed by atoms with Crippen LogP contribution in [0.2, 0.25) is 0 Å². The summed E-state index contributed by atoms with van der Waals surface area (Å²) in [6.07, 6.45) is 3.82. The molecule has 106 valence electrons. The molecule has 0 aromatic carbocycles. The molecule has 2 heterocycles. The lowest BCUT2D eigenvalue weighted by Crippen LogP contribution is -2.04. The van der Waals surface area contributed by atoms with Gasteiger partial charge in [0.2, 0.25) is 0 Å². The number of pyridine rings is 1. The Labute approximate surface area is 115 Å². The van der Waals surface area contributed by atoms with Gasteiger partial charge in [0, 0.05) is 12.7 Å². The maximum atomic E-state index is 5.54. The van der Waals surface area contributed by atoms with Crippen molar-refractivity contribution in [2.45, 2.75) is 33.6 Å². The number of hydrogen-bond donors (Lipinski definition) is 0. The second kappa shape index (κ2) is 7.79. The van der Waals surface area contributed by atoms with Crippen LogP contribution in [0.1, 0.15) is 39.2 Å². The minimum atomic E-state index is 0.479. The second-order valence-electron chi connectivity index (χ2n) is 4.29. The third-order valence-electron chi connectivity index (χ3n) is 2.70. The van der Waals surface area contributed by atoms with Gasteiger partial charge >= 0.3 is 0 Å². The van der Waals surface area contributed by atoms with Crippen LogP contribution in [0.4, 0.5) is 0 Å². The van der Waals surface area contributed by atoms with Gasteiger partial charge in [0.15, 0.2) is 0 Å². The zero-order chi connectivity index (χ0) is 14.3. The van der Waals surface area contributed by atoms with Crippen LogP contribution in [0.5, 0.6) is 5.75 Å². The van der Waals surface area contributed by atoms with E-state index < -0.39 is 0 Å². The summed E-state index contributed by atoms with van der Waals surface area (Å²) in [5.74, 6) is 1.29. The number of rotatable bonds is 5. The molecule has 0 bridgehead atoms. The van der Waals surface area contributed by atoms with Gasteiger partial charge < -0.3 is 9.47 Å². The second-order valence-corrected chi connectivity index (χ2v) is 4.29. The van der Waals surface area contributed by atoms with E-state index >= 15 is 0 Å². The summed E-state index contributed by atoms with van der Waals surface area (Å²) in [7, 11) is 1.66. The van der Waals surface area contributed by atoms with E-state index in [0.29, 0.717) is 19.1 Å². The maximum Gasteiger partial charge on any atom is 0.137 e. The van der Waals surface area contributed by atoms with Gasteiger partial charge in [-0.25, -0.2) is 4.52 Å². The summed E-state index contributed by atoms with van der Waals surface area (Å²) in [6.45, 7) is 9.48. The SMILES string of the molecule is CC.COCCOc1ccc2c(C(C)C)cnn2c1. The standard InChI is InChI=1S/C13H18N2O2.C2H6/c1-10(2)12-8-14-15-9-11(4-5-13(12)15)17-7-6-16-3;1-2/h4-5,8-10H,6-7H2,1-3H3;1-2H3. The van der Waals surface area contributed by atoms with Crippen LogP contribution in [0, 0.1) is 0 Å². The molecule has 0 aliphatic heterocycles. The number of hydrogen-bond acceptors (Lipinski definition) is 3. The van der Waals surface area contributed by atoms with E-state index in [9.17, 15) is 0 Å². The molecule has 19 heavy (non-hydrogen) atoms. The van der Waals surface area contributed by atoms with Crippen LogP contribution in [0.25, 0.3) is 5.52 Å². The first kappa shape index (κ1) is 15.5. The largest absolute Gasteiger partial charge is 0.490 e. The lowest BCUT2D eigenvalue weighted by Gasteiger charge is -2.06. The zero-order valence-electron chi connectivity index (χ0n) is 12.5. The zero-order valence-corrected chi connectivity index (χ0v) is 12.5. The Bertz CT molecular complexity index is 492. The molecule has 0 N–H and O–H groups in total. The molecule has 4 heteroatoms. The molecule has 0 aliphatic carbocycles.